The van der Waals surface area contributed by atoms with Crippen molar-refractivity contribution < 1.29 is 5.11 Å². The first-order valence-corrected chi connectivity index (χ1v) is 5.96. The van der Waals surface area contributed by atoms with Crippen LogP contribution in [0.5, 0.6) is 5.75 Å². The molecule has 2 N–H and O–H groups in total. The molecule has 1 atom stereocenters. The largest absolute Gasteiger partial charge is 0.508 e. The van der Waals surface area contributed by atoms with Crippen LogP contribution in [0.4, 0.5) is 0 Å². The van der Waals surface area contributed by atoms with Crippen molar-refractivity contribution >= 4 is 12.4 Å². The van der Waals surface area contributed by atoms with Gasteiger partial charge in [-0.2, -0.15) is 0 Å². The van der Waals surface area contributed by atoms with Crippen molar-refractivity contribution in [3.63, 3.8) is 0 Å². The van der Waals surface area contributed by atoms with Gasteiger partial charge in [-0.1, -0.05) is 12.1 Å². The van der Waals surface area contributed by atoms with Gasteiger partial charge in [0.2, 0.25) is 0 Å². The number of phenols is 1. The number of nitrogens with one attached hydrogen (secondary N) is 1. The lowest BCUT2D eigenvalue weighted by Gasteiger charge is -2.24. The molecule has 1 fully saturated rings. The van der Waals surface area contributed by atoms with Crippen LogP contribution >= 0.6 is 12.4 Å². The first-order valence-electron chi connectivity index (χ1n) is 5.96. The molecule has 1 aromatic rings. The number of halogens is 1. The second-order valence-corrected chi connectivity index (χ2v) is 4.49. The lowest BCUT2D eigenvalue weighted by Crippen LogP contribution is -2.36. The molecule has 0 saturated carbocycles. The third-order valence-corrected chi connectivity index (χ3v) is 3.24. The molecule has 3 nitrogen and oxygen atoms in total. The third-order valence-electron chi connectivity index (χ3n) is 3.24. The molecule has 1 heterocycles. The van der Waals surface area contributed by atoms with Crippen molar-refractivity contribution in [3.05, 3.63) is 29.8 Å². The zero-order valence-corrected chi connectivity index (χ0v) is 11.0. The SMILES string of the molecule is CNCC1CCCN1Cc1cccc(O)c1.Cl. The molecule has 1 aliphatic heterocycles. The van der Waals surface area contributed by atoms with Gasteiger partial charge in [0.1, 0.15) is 5.75 Å². The monoisotopic (exact) mass is 256 g/mol. The maximum Gasteiger partial charge on any atom is 0.115 e. The van der Waals surface area contributed by atoms with Gasteiger partial charge in [-0.05, 0) is 44.1 Å². The van der Waals surface area contributed by atoms with E-state index in [-0.39, 0.29) is 12.4 Å². The Balaban J connectivity index is 0.00000144. The highest BCUT2D eigenvalue weighted by Gasteiger charge is 2.23. The first kappa shape index (κ1) is 14.3. The summed E-state index contributed by atoms with van der Waals surface area (Å²) >= 11 is 0. The number of benzene rings is 1. The van der Waals surface area contributed by atoms with Crippen molar-refractivity contribution in [2.75, 3.05) is 20.1 Å². The van der Waals surface area contributed by atoms with Gasteiger partial charge in [-0.25, -0.2) is 0 Å². The van der Waals surface area contributed by atoms with Crippen LogP contribution in [0.1, 0.15) is 18.4 Å². The van der Waals surface area contributed by atoms with Crippen LogP contribution in [0.15, 0.2) is 24.3 Å². The maximum absolute atomic E-state index is 9.43. The molecule has 96 valence electrons. The molecule has 1 unspecified atom stereocenters. The lowest BCUT2D eigenvalue weighted by atomic mass is 10.1. The average Bonchev–Trinajstić information content (AvgIpc) is 2.66. The zero-order chi connectivity index (χ0) is 11.4. The van der Waals surface area contributed by atoms with Crippen molar-refractivity contribution in [3.8, 4) is 5.75 Å². The molecule has 2 rings (SSSR count). The van der Waals surface area contributed by atoms with Crippen LogP contribution in [-0.4, -0.2) is 36.2 Å². The maximum atomic E-state index is 9.43. The predicted molar refractivity (Wildman–Crippen MR) is 72.7 cm³/mol. The Morgan fingerprint density at radius 2 is 2.29 bits per heavy atom. The fraction of sp³-hybridized carbons (Fsp3) is 0.538. The summed E-state index contributed by atoms with van der Waals surface area (Å²) in [6.45, 7) is 3.17. The van der Waals surface area contributed by atoms with Crippen molar-refractivity contribution in [2.24, 2.45) is 0 Å². The summed E-state index contributed by atoms with van der Waals surface area (Å²) in [6.07, 6.45) is 2.56. The Hall–Kier alpha value is -0.770. The van der Waals surface area contributed by atoms with Crippen LogP contribution in [-0.2, 0) is 6.54 Å². The summed E-state index contributed by atoms with van der Waals surface area (Å²) in [6, 6.07) is 8.21. The van der Waals surface area contributed by atoms with E-state index < -0.39 is 0 Å². The minimum atomic E-state index is 0. The van der Waals surface area contributed by atoms with E-state index in [1.54, 1.807) is 6.07 Å². The summed E-state index contributed by atoms with van der Waals surface area (Å²) in [7, 11) is 2.00. The van der Waals surface area contributed by atoms with E-state index in [1.807, 2.05) is 19.2 Å². The van der Waals surface area contributed by atoms with Crippen LogP contribution in [0, 0.1) is 0 Å². The number of likely N-dealkylation sites (tertiary alicyclic amines) is 1. The Kier molecular flexibility index (Phi) is 5.75. The quantitative estimate of drug-likeness (QED) is 0.865. The Morgan fingerprint density at radius 3 is 3.00 bits per heavy atom. The van der Waals surface area contributed by atoms with Gasteiger partial charge < -0.3 is 10.4 Å². The Morgan fingerprint density at radius 1 is 1.47 bits per heavy atom. The second kappa shape index (κ2) is 6.84. The van der Waals surface area contributed by atoms with Crippen molar-refractivity contribution in [1.29, 1.82) is 0 Å². The molecule has 17 heavy (non-hydrogen) atoms. The molecule has 0 aliphatic carbocycles. The number of hydrogen-bond donors (Lipinski definition) is 2. The van der Waals surface area contributed by atoms with Crippen LogP contribution in [0.25, 0.3) is 0 Å². The van der Waals surface area contributed by atoms with Gasteiger partial charge in [0, 0.05) is 19.1 Å². The topological polar surface area (TPSA) is 35.5 Å². The number of nitrogens with zero attached hydrogens (tertiary/aromatic N) is 1. The van der Waals surface area contributed by atoms with E-state index in [4.69, 9.17) is 0 Å². The number of rotatable bonds is 4. The van der Waals surface area contributed by atoms with Gasteiger partial charge in [-0.3, -0.25) is 4.90 Å². The summed E-state index contributed by atoms with van der Waals surface area (Å²) in [5.74, 6) is 0.363. The van der Waals surface area contributed by atoms with E-state index >= 15 is 0 Å². The van der Waals surface area contributed by atoms with E-state index in [1.165, 1.54) is 24.9 Å². The average molecular weight is 257 g/mol. The predicted octanol–water partition coefficient (Wildman–Crippen LogP) is 2.00. The fourth-order valence-corrected chi connectivity index (χ4v) is 2.46. The van der Waals surface area contributed by atoms with Crippen molar-refractivity contribution in [2.45, 2.75) is 25.4 Å². The highest BCUT2D eigenvalue weighted by Crippen LogP contribution is 2.21. The molecule has 1 aliphatic rings. The van der Waals surface area contributed by atoms with E-state index in [9.17, 15) is 5.11 Å². The standard InChI is InChI=1S/C13H20N2O.ClH/c1-14-9-12-5-3-7-15(12)10-11-4-2-6-13(16)8-11;/h2,4,6,8,12,14,16H,3,5,7,9-10H2,1H3;1H. The van der Waals surface area contributed by atoms with Crippen LogP contribution < -0.4 is 5.32 Å². The molecule has 0 radical (unpaired) electrons. The highest BCUT2D eigenvalue weighted by atomic mass is 35.5. The van der Waals surface area contributed by atoms with E-state index in [0.717, 1.165) is 13.1 Å². The van der Waals surface area contributed by atoms with Crippen LogP contribution in [0.3, 0.4) is 0 Å². The van der Waals surface area contributed by atoms with Gasteiger partial charge in [0.15, 0.2) is 0 Å². The Labute approximate surface area is 109 Å². The molecule has 1 aromatic carbocycles. The molecule has 4 heteroatoms. The normalized spacial score (nSPS) is 20.2. The second-order valence-electron chi connectivity index (χ2n) is 4.49. The minimum Gasteiger partial charge on any atom is -0.508 e. The number of hydrogen-bond acceptors (Lipinski definition) is 3. The first-order chi connectivity index (χ1) is 7.79. The summed E-state index contributed by atoms with van der Waals surface area (Å²) in [5.41, 5.74) is 1.20. The van der Waals surface area contributed by atoms with E-state index in [0.29, 0.717) is 11.8 Å². The van der Waals surface area contributed by atoms with Crippen LogP contribution in [0.2, 0.25) is 0 Å². The summed E-state index contributed by atoms with van der Waals surface area (Å²) in [4.78, 5) is 2.49. The van der Waals surface area contributed by atoms with E-state index in [2.05, 4.69) is 16.3 Å². The van der Waals surface area contributed by atoms with Gasteiger partial charge >= 0.3 is 0 Å². The van der Waals surface area contributed by atoms with Gasteiger partial charge in [-0.15, -0.1) is 12.4 Å². The van der Waals surface area contributed by atoms with Gasteiger partial charge in [0.25, 0.3) is 0 Å². The molecule has 0 amide bonds. The number of phenolic OH excluding ortho intramolecular Hbond substituents is 1. The minimum absolute atomic E-state index is 0. The fourth-order valence-electron chi connectivity index (χ4n) is 2.46. The molecule has 0 spiro atoms. The molecule has 0 aromatic heterocycles. The smallest absolute Gasteiger partial charge is 0.115 e. The lowest BCUT2D eigenvalue weighted by molar-refractivity contribution is 0.242. The highest BCUT2D eigenvalue weighted by molar-refractivity contribution is 5.85. The molecule has 1 saturated heterocycles. The molecular weight excluding hydrogens is 236 g/mol. The third kappa shape index (κ3) is 3.87. The summed E-state index contributed by atoms with van der Waals surface area (Å²) in [5, 5.41) is 12.7. The van der Waals surface area contributed by atoms with Crippen molar-refractivity contribution in [1.82, 2.24) is 10.2 Å². The number of likely N-dealkylation sites (N-methyl/N-ethyl adjacent to an activating group) is 1. The zero-order valence-electron chi connectivity index (χ0n) is 10.2. The molecular formula is C13H21ClN2O. The van der Waals surface area contributed by atoms with Gasteiger partial charge in [0.05, 0.1) is 0 Å². The molecule has 0 bridgehead atoms. The summed E-state index contributed by atoms with van der Waals surface area (Å²) < 4.78 is 0. The number of aromatic hydroxyl groups is 1. The Bertz CT molecular complexity index is 346.